The van der Waals surface area contributed by atoms with Crippen molar-refractivity contribution in [1.29, 1.82) is 0 Å². The van der Waals surface area contributed by atoms with Crippen molar-refractivity contribution in [2.24, 2.45) is 11.3 Å². The minimum atomic E-state index is -4.62. The van der Waals surface area contributed by atoms with Gasteiger partial charge in [0.1, 0.15) is 23.1 Å². The Bertz CT molecular complexity index is 2910. The van der Waals surface area contributed by atoms with Crippen molar-refractivity contribution in [2.45, 2.75) is 119 Å². The zero-order valence-corrected chi connectivity index (χ0v) is 42.2. The molecule has 19 heteroatoms. The number of pyridine rings is 1. The van der Waals surface area contributed by atoms with E-state index in [-0.39, 0.29) is 40.8 Å². The van der Waals surface area contributed by atoms with Gasteiger partial charge in [0.25, 0.3) is 21.6 Å². The van der Waals surface area contributed by atoms with E-state index in [1.165, 1.54) is 22.6 Å². The molecule has 378 valence electrons. The molecule has 4 aliphatic heterocycles. The highest BCUT2D eigenvalue weighted by Gasteiger charge is 2.50. The van der Waals surface area contributed by atoms with Crippen LogP contribution < -0.4 is 24.6 Å². The normalized spacial score (nSPS) is 25.9. The topological polar surface area (TPSA) is 205 Å². The van der Waals surface area contributed by atoms with E-state index in [1.807, 2.05) is 53.6 Å². The number of nitrogens with one attached hydrogen (secondary N) is 3. The number of piperidine rings is 1. The van der Waals surface area contributed by atoms with Crippen LogP contribution in [0.25, 0.3) is 11.0 Å². The molecule has 6 aliphatic rings. The summed E-state index contributed by atoms with van der Waals surface area (Å²) in [6.45, 7) is 11.7. The van der Waals surface area contributed by atoms with Crippen molar-refractivity contribution in [3.05, 3.63) is 92.3 Å². The van der Waals surface area contributed by atoms with Gasteiger partial charge >= 0.3 is 0 Å². The molecular weight excluding hydrogens is 945 g/mol. The molecule has 2 aromatic carbocycles. The standard InChI is InChI=1S/C52H64N8O9S2/c1-32(2)47-38(12-23-70-47)44-30-68-22-20-58(44)36-27-52(28-36)15-18-57(19-16-52)35-4-6-39(41(25-35)59-43-24-34-10-17-53-48(34)55-50(43)69-46-11-21-67-31-45(46)59)49(61)56-71(65,66)37-5-7-40(42(26-37)60(63)64)54-29-33-8-13-51(3,62)14-9-33/h4-7,10,12,17,23-26,32-33,36,44-46,54,62H,8-9,11,13-16,18-22,27-31H2,1-3H3,(H,53,55)(H,56,61)/t33-,44-,45+,46+,51-/m0/s1. The Morgan fingerprint density at radius 3 is 2.55 bits per heavy atom. The van der Waals surface area contributed by atoms with Gasteiger partial charge in [-0.3, -0.25) is 19.8 Å². The van der Waals surface area contributed by atoms with Crippen LogP contribution in [0.2, 0.25) is 0 Å². The molecule has 4 N–H and O–H groups in total. The fourth-order valence-corrected chi connectivity index (χ4v) is 14.2. The molecule has 0 radical (unpaired) electrons. The summed E-state index contributed by atoms with van der Waals surface area (Å²) in [6, 6.07) is 15.8. The molecular formula is C52H64N8O9S2. The fraction of sp³-hybridized carbons (Fsp3) is 0.538. The number of thiophene rings is 1. The molecule has 2 saturated carbocycles. The summed E-state index contributed by atoms with van der Waals surface area (Å²) in [5, 5.41) is 29.0. The van der Waals surface area contributed by atoms with E-state index in [1.54, 1.807) is 6.07 Å². The van der Waals surface area contributed by atoms with E-state index in [2.05, 4.69) is 50.1 Å². The van der Waals surface area contributed by atoms with E-state index in [4.69, 9.17) is 19.2 Å². The summed E-state index contributed by atoms with van der Waals surface area (Å²) in [4.78, 5) is 42.6. The second kappa shape index (κ2) is 18.9. The van der Waals surface area contributed by atoms with E-state index in [0.717, 1.165) is 88.5 Å². The maximum atomic E-state index is 14.7. The van der Waals surface area contributed by atoms with Crippen LogP contribution in [0.1, 0.15) is 111 Å². The number of carbonyl (C=O) groups is 1. The number of anilines is 4. The molecule has 71 heavy (non-hydrogen) atoms. The number of nitro benzene ring substituents is 1. The minimum absolute atomic E-state index is 0.101. The molecule has 0 unspecified atom stereocenters. The first-order valence-corrected chi connectivity index (χ1v) is 27.6. The van der Waals surface area contributed by atoms with Gasteiger partial charge in [0.2, 0.25) is 5.88 Å². The van der Waals surface area contributed by atoms with Crippen LogP contribution in [0.15, 0.2) is 71.1 Å². The minimum Gasteiger partial charge on any atom is -0.470 e. The van der Waals surface area contributed by atoms with Gasteiger partial charge in [0.15, 0.2) is 0 Å². The number of sulfonamides is 1. The first kappa shape index (κ1) is 48.0. The number of aromatic nitrogens is 2. The Labute approximate surface area is 418 Å². The number of nitrogens with zero attached hydrogens (tertiary/aromatic N) is 5. The molecule has 7 heterocycles. The molecule has 11 rings (SSSR count). The molecule has 3 saturated heterocycles. The number of amides is 1. The second-order valence-electron chi connectivity index (χ2n) is 21.4. The average Bonchev–Trinajstić information content (AvgIpc) is 4.04. The monoisotopic (exact) mass is 1010 g/mol. The van der Waals surface area contributed by atoms with Gasteiger partial charge in [0, 0.05) is 66.9 Å². The Morgan fingerprint density at radius 1 is 0.986 bits per heavy atom. The third-order valence-electron chi connectivity index (χ3n) is 16.3. The van der Waals surface area contributed by atoms with Crippen LogP contribution >= 0.6 is 11.3 Å². The summed E-state index contributed by atoms with van der Waals surface area (Å²) in [5.74, 6) is 0.179. The Balaban J connectivity index is 0.865. The van der Waals surface area contributed by atoms with Gasteiger partial charge in [-0.2, -0.15) is 4.98 Å². The van der Waals surface area contributed by atoms with Crippen LogP contribution in [0.3, 0.4) is 0 Å². The second-order valence-corrected chi connectivity index (χ2v) is 24.0. The predicted octanol–water partition coefficient (Wildman–Crippen LogP) is 8.64. The number of hydrogen-bond donors (Lipinski definition) is 4. The third kappa shape index (κ3) is 9.37. The molecule has 17 nitrogen and oxygen atoms in total. The molecule has 1 spiro atoms. The van der Waals surface area contributed by atoms with Gasteiger partial charge in [-0.1, -0.05) is 13.8 Å². The summed E-state index contributed by atoms with van der Waals surface area (Å²) in [7, 11) is -4.62. The van der Waals surface area contributed by atoms with Crippen LogP contribution in [0.4, 0.5) is 28.4 Å². The molecule has 5 aromatic rings. The SMILES string of the molecule is CC(C)c1sccc1[C@@H]1COCCN1C1CC2(CCN(c3ccc(C(=O)NS(=O)(=O)c4ccc(NC[C@H]5CC[C@](C)(O)CC5)c([N+](=O)[O-])c4)c(N4c5cc6cc[nH]c6nc5O[C@@H]5CCOC[C@H]54)c3)CC2)C1. The van der Waals surface area contributed by atoms with Crippen molar-refractivity contribution < 1.29 is 37.5 Å². The summed E-state index contributed by atoms with van der Waals surface area (Å²) in [6.07, 6.45) is 9.22. The zero-order chi connectivity index (χ0) is 49.2. The maximum Gasteiger partial charge on any atom is 0.293 e. The van der Waals surface area contributed by atoms with Crippen LogP contribution in [-0.4, -0.2) is 116 Å². The van der Waals surface area contributed by atoms with Crippen LogP contribution in [0, 0.1) is 21.4 Å². The quantitative estimate of drug-likeness (QED) is 0.0683. The third-order valence-corrected chi connectivity index (χ3v) is 18.9. The van der Waals surface area contributed by atoms with E-state index in [0.29, 0.717) is 73.9 Å². The lowest BCUT2D eigenvalue weighted by atomic mass is 9.59. The van der Waals surface area contributed by atoms with Crippen molar-refractivity contribution in [3.63, 3.8) is 0 Å². The number of hydrogen-bond acceptors (Lipinski definition) is 15. The molecule has 0 bridgehead atoms. The first-order valence-electron chi connectivity index (χ1n) is 25.3. The highest BCUT2D eigenvalue weighted by molar-refractivity contribution is 7.90. The van der Waals surface area contributed by atoms with E-state index >= 15 is 0 Å². The molecule has 5 fully saturated rings. The first-order chi connectivity index (χ1) is 34.1. The average molecular weight is 1010 g/mol. The number of carbonyl (C=O) groups excluding carboxylic acids is 1. The van der Waals surface area contributed by atoms with Crippen molar-refractivity contribution in [2.75, 3.05) is 67.7 Å². The fourth-order valence-electron chi connectivity index (χ4n) is 12.2. The van der Waals surface area contributed by atoms with Crippen molar-refractivity contribution in [1.82, 2.24) is 19.6 Å². The smallest absolute Gasteiger partial charge is 0.293 e. The van der Waals surface area contributed by atoms with Gasteiger partial charge in [0.05, 0.1) is 65.2 Å². The largest absolute Gasteiger partial charge is 0.470 e. The number of aliphatic hydroxyl groups is 1. The number of rotatable bonds is 12. The number of aromatic amines is 1. The number of fused-ring (bicyclic) bond motifs is 3. The molecule has 1 amide bonds. The van der Waals surface area contributed by atoms with Crippen molar-refractivity contribution >= 4 is 66.7 Å². The van der Waals surface area contributed by atoms with Crippen LogP contribution in [-0.2, 0) is 19.5 Å². The Hall–Kier alpha value is -5.31. The summed E-state index contributed by atoms with van der Waals surface area (Å²) < 4.78 is 49.3. The lowest BCUT2D eigenvalue weighted by molar-refractivity contribution is -0.384. The van der Waals surface area contributed by atoms with E-state index in [9.17, 15) is 28.4 Å². The highest BCUT2D eigenvalue weighted by Crippen LogP contribution is 2.54. The number of nitro groups is 1. The number of H-pyrrole nitrogens is 1. The number of ether oxygens (including phenoxy) is 3. The maximum absolute atomic E-state index is 14.7. The number of morpholine rings is 1. The van der Waals surface area contributed by atoms with Crippen LogP contribution in [0.5, 0.6) is 5.88 Å². The Kier molecular flexibility index (Phi) is 12.8. The Morgan fingerprint density at radius 2 is 1.77 bits per heavy atom. The van der Waals surface area contributed by atoms with Gasteiger partial charge in [-0.15, -0.1) is 11.3 Å². The van der Waals surface area contributed by atoms with E-state index < -0.39 is 37.0 Å². The van der Waals surface area contributed by atoms with Crippen molar-refractivity contribution in [3.8, 4) is 5.88 Å². The predicted molar refractivity (Wildman–Crippen MR) is 273 cm³/mol. The number of benzene rings is 2. The lowest BCUT2D eigenvalue weighted by Crippen LogP contribution is -2.58. The molecule has 3 aromatic heterocycles. The summed E-state index contributed by atoms with van der Waals surface area (Å²) in [5.41, 5.74) is 3.47. The summed E-state index contributed by atoms with van der Waals surface area (Å²) >= 11 is 1.85. The highest BCUT2D eigenvalue weighted by atomic mass is 32.2. The molecule has 2 aliphatic carbocycles. The van der Waals surface area contributed by atoms with Gasteiger partial charge in [-0.25, -0.2) is 13.1 Å². The zero-order valence-electron chi connectivity index (χ0n) is 40.6. The molecule has 3 atom stereocenters. The van der Waals surface area contributed by atoms with Gasteiger partial charge < -0.3 is 39.4 Å². The van der Waals surface area contributed by atoms with Gasteiger partial charge in [-0.05, 0) is 135 Å². The lowest BCUT2D eigenvalue weighted by Gasteiger charge is -2.57.